The van der Waals surface area contributed by atoms with Gasteiger partial charge in [0, 0.05) is 44.0 Å². The zero-order valence-electron chi connectivity index (χ0n) is 20.8. The first-order chi connectivity index (χ1) is 17.5. The summed E-state index contributed by atoms with van der Waals surface area (Å²) < 4.78 is 33.2. The molecule has 0 atom stereocenters. The molecule has 0 fully saturated rings. The molecular formula is C27H30BrNO7. The van der Waals surface area contributed by atoms with E-state index in [0.29, 0.717) is 33.0 Å². The molecule has 8 nitrogen and oxygen atoms in total. The Labute approximate surface area is 219 Å². The minimum atomic E-state index is -0.188. The fourth-order valence-electron chi connectivity index (χ4n) is 3.63. The summed E-state index contributed by atoms with van der Waals surface area (Å²) in [4.78, 5) is 13.2. The highest BCUT2D eigenvalue weighted by Crippen LogP contribution is 2.43. The van der Waals surface area contributed by atoms with Crippen molar-refractivity contribution in [2.75, 3.05) is 42.0 Å². The van der Waals surface area contributed by atoms with Gasteiger partial charge in [0.2, 0.25) is 5.91 Å². The Bertz CT molecular complexity index is 1150. The average Bonchev–Trinajstić information content (AvgIpc) is 2.91. The van der Waals surface area contributed by atoms with Crippen LogP contribution in [0.5, 0.6) is 23.0 Å². The molecule has 3 aromatic rings. The Morgan fingerprint density at radius 3 is 2.17 bits per heavy atom. The number of benzene rings is 3. The lowest BCUT2D eigenvalue weighted by molar-refractivity contribution is -0.120. The van der Waals surface area contributed by atoms with Crippen LogP contribution in [-0.2, 0) is 27.2 Å². The van der Waals surface area contributed by atoms with Gasteiger partial charge in [-0.3, -0.25) is 4.79 Å². The molecule has 0 saturated heterocycles. The van der Waals surface area contributed by atoms with Crippen LogP contribution < -0.4 is 24.3 Å². The fourth-order valence-corrected chi connectivity index (χ4v) is 4.19. The van der Waals surface area contributed by atoms with Crippen molar-refractivity contribution >= 4 is 21.8 Å². The third-order valence-corrected chi connectivity index (χ3v) is 6.20. The summed E-state index contributed by atoms with van der Waals surface area (Å²) >= 11 is 3.64. The van der Waals surface area contributed by atoms with Crippen LogP contribution in [0.2, 0.25) is 0 Å². The molecule has 0 saturated carbocycles. The molecule has 0 aromatic heterocycles. The lowest BCUT2D eigenvalue weighted by atomic mass is 9.95. The van der Waals surface area contributed by atoms with Crippen molar-refractivity contribution in [2.24, 2.45) is 0 Å². The largest absolute Gasteiger partial charge is 0.497 e. The second kappa shape index (κ2) is 13.7. The molecule has 36 heavy (non-hydrogen) atoms. The summed E-state index contributed by atoms with van der Waals surface area (Å²) in [5, 5.41) is 2.98. The first-order valence-corrected chi connectivity index (χ1v) is 11.9. The highest BCUT2D eigenvalue weighted by Gasteiger charge is 2.22. The lowest BCUT2D eigenvalue weighted by Gasteiger charge is -2.20. The van der Waals surface area contributed by atoms with Gasteiger partial charge in [0.05, 0.1) is 25.1 Å². The zero-order chi connectivity index (χ0) is 25.9. The van der Waals surface area contributed by atoms with Crippen molar-refractivity contribution in [2.45, 2.75) is 13.0 Å². The highest BCUT2D eigenvalue weighted by atomic mass is 79.9. The van der Waals surface area contributed by atoms with Crippen LogP contribution in [0.15, 0.2) is 59.1 Å². The molecule has 0 aliphatic rings. The molecule has 9 heteroatoms. The first kappa shape index (κ1) is 27.3. The van der Waals surface area contributed by atoms with Gasteiger partial charge in [0.25, 0.3) is 0 Å². The van der Waals surface area contributed by atoms with Crippen LogP contribution in [0.25, 0.3) is 11.1 Å². The summed E-state index contributed by atoms with van der Waals surface area (Å²) in [6.07, 6.45) is 0.0663. The lowest BCUT2D eigenvalue weighted by Crippen LogP contribution is -2.25. The molecule has 0 radical (unpaired) electrons. The molecular weight excluding hydrogens is 530 g/mol. The third kappa shape index (κ3) is 6.90. The van der Waals surface area contributed by atoms with Crippen molar-refractivity contribution in [3.8, 4) is 34.1 Å². The summed E-state index contributed by atoms with van der Waals surface area (Å²) in [5.74, 6) is 2.13. The number of carbonyl (C=O) groups is 1. The van der Waals surface area contributed by atoms with E-state index < -0.39 is 0 Å². The van der Waals surface area contributed by atoms with Crippen LogP contribution in [0.1, 0.15) is 11.1 Å². The van der Waals surface area contributed by atoms with E-state index in [9.17, 15) is 4.79 Å². The van der Waals surface area contributed by atoms with Crippen LogP contribution in [0.4, 0.5) is 0 Å². The van der Waals surface area contributed by atoms with Crippen LogP contribution in [0, 0.1) is 0 Å². The van der Waals surface area contributed by atoms with E-state index in [1.165, 1.54) is 7.11 Å². The number of amides is 1. The van der Waals surface area contributed by atoms with Gasteiger partial charge in [0.1, 0.15) is 23.0 Å². The Kier molecular flexibility index (Phi) is 10.4. The molecule has 1 amide bonds. The summed E-state index contributed by atoms with van der Waals surface area (Å²) in [6.45, 7) is 0.362. The maximum absolute atomic E-state index is 13.2. The summed E-state index contributed by atoms with van der Waals surface area (Å²) in [6, 6.07) is 16.9. The van der Waals surface area contributed by atoms with Crippen molar-refractivity contribution in [3.05, 3.63) is 70.2 Å². The first-order valence-electron chi connectivity index (χ1n) is 11.1. The molecule has 0 aliphatic heterocycles. The number of methoxy groups -OCH3 is 4. The monoisotopic (exact) mass is 559 g/mol. The Hall–Kier alpha value is -3.27. The summed E-state index contributed by atoms with van der Waals surface area (Å²) in [7, 11) is 6.26. The zero-order valence-corrected chi connectivity index (χ0v) is 22.3. The number of hydrogen-bond donors (Lipinski definition) is 1. The van der Waals surface area contributed by atoms with Gasteiger partial charge < -0.3 is 33.7 Å². The molecule has 0 aliphatic carbocycles. The number of rotatable bonds is 13. The molecule has 3 rings (SSSR count). The van der Waals surface area contributed by atoms with Gasteiger partial charge in [0.15, 0.2) is 13.6 Å². The fraction of sp³-hybridized carbons (Fsp3) is 0.296. The molecule has 0 unspecified atom stereocenters. The van der Waals surface area contributed by atoms with Crippen LogP contribution >= 0.6 is 15.9 Å². The number of hydrogen-bond acceptors (Lipinski definition) is 7. The van der Waals surface area contributed by atoms with E-state index in [-0.39, 0.29) is 32.5 Å². The predicted octanol–water partition coefficient (Wildman–Crippen LogP) is 4.96. The van der Waals surface area contributed by atoms with E-state index >= 15 is 0 Å². The Morgan fingerprint density at radius 2 is 1.53 bits per heavy atom. The number of nitrogens with one attached hydrogen (secondary N) is 1. The molecule has 0 bridgehead atoms. The van der Waals surface area contributed by atoms with Crippen molar-refractivity contribution in [1.82, 2.24) is 5.32 Å². The standard InChI is InChI=1S/C27H30BrNO7/c1-31-16-35-23-14-24(36-17-32-2)27(28)21(26(23)18-8-6-5-7-9-18)13-25(30)29-15-19-10-11-20(33-3)12-22(19)34-4/h5-12,14H,13,15-17H2,1-4H3,(H,29,30). The molecule has 0 heterocycles. The highest BCUT2D eigenvalue weighted by molar-refractivity contribution is 9.10. The quantitative estimate of drug-likeness (QED) is 0.296. The normalized spacial score (nSPS) is 10.6. The van der Waals surface area contributed by atoms with Crippen molar-refractivity contribution < 1.29 is 33.2 Å². The maximum atomic E-state index is 13.2. The van der Waals surface area contributed by atoms with Crippen molar-refractivity contribution in [3.63, 3.8) is 0 Å². The van der Waals surface area contributed by atoms with Gasteiger partial charge in [-0.15, -0.1) is 0 Å². The van der Waals surface area contributed by atoms with E-state index in [0.717, 1.165) is 16.7 Å². The van der Waals surface area contributed by atoms with Crippen molar-refractivity contribution in [1.29, 1.82) is 0 Å². The molecule has 192 valence electrons. The smallest absolute Gasteiger partial charge is 0.224 e. The van der Waals surface area contributed by atoms with E-state index in [2.05, 4.69) is 21.2 Å². The topological polar surface area (TPSA) is 84.5 Å². The van der Waals surface area contributed by atoms with Crippen LogP contribution in [-0.4, -0.2) is 47.9 Å². The number of ether oxygens (including phenoxy) is 6. The minimum Gasteiger partial charge on any atom is -0.497 e. The third-order valence-electron chi connectivity index (χ3n) is 5.33. The maximum Gasteiger partial charge on any atom is 0.224 e. The van der Waals surface area contributed by atoms with Gasteiger partial charge in [-0.05, 0) is 39.2 Å². The molecule has 1 N–H and O–H groups in total. The van der Waals surface area contributed by atoms with E-state index in [1.54, 1.807) is 33.5 Å². The second-order valence-electron chi connectivity index (χ2n) is 7.64. The predicted molar refractivity (Wildman–Crippen MR) is 140 cm³/mol. The van der Waals surface area contributed by atoms with Gasteiger partial charge >= 0.3 is 0 Å². The minimum absolute atomic E-state index is 0.0358. The van der Waals surface area contributed by atoms with Crippen LogP contribution in [0.3, 0.4) is 0 Å². The molecule has 3 aromatic carbocycles. The summed E-state index contributed by atoms with van der Waals surface area (Å²) in [5.41, 5.74) is 3.19. The SMILES string of the molecule is COCOc1cc(OCOC)c(-c2ccccc2)c(CC(=O)NCc2ccc(OC)cc2OC)c1Br. The average molecular weight is 560 g/mol. The van der Waals surface area contributed by atoms with E-state index in [1.807, 2.05) is 42.5 Å². The van der Waals surface area contributed by atoms with Gasteiger partial charge in [-0.2, -0.15) is 0 Å². The van der Waals surface area contributed by atoms with E-state index in [4.69, 9.17) is 28.4 Å². The Morgan fingerprint density at radius 1 is 0.833 bits per heavy atom. The van der Waals surface area contributed by atoms with Gasteiger partial charge in [-0.1, -0.05) is 30.3 Å². The molecule has 0 spiro atoms. The number of halogens is 1. The van der Waals surface area contributed by atoms with Gasteiger partial charge in [-0.25, -0.2) is 0 Å². The second-order valence-corrected chi connectivity index (χ2v) is 8.43. The Balaban J connectivity index is 1.95. The number of carbonyl (C=O) groups excluding carboxylic acids is 1.